The fourth-order valence-electron chi connectivity index (χ4n) is 2.06. The first-order chi connectivity index (χ1) is 8.86. The van der Waals surface area contributed by atoms with Gasteiger partial charge in [0.25, 0.3) is 0 Å². The molecule has 1 N–H and O–H groups in total. The molecule has 0 bridgehead atoms. The van der Waals surface area contributed by atoms with Crippen LogP contribution >= 0.6 is 0 Å². The third-order valence-corrected chi connectivity index (χ3v) is 3.93. The molecule has 0 saturated carbocycles. The van der Waals surface area contributed by atoms with Gasteiger partial charge in [-0.1, -0.05) is 39.8 Å². The van der Waals surface area contributed by atoms with Crippen molar-refractivity contribution in [3.63, 3.8) is 0 Å². The van der Waals surface area contributed by atoms with Gasteiger partial charge in [-0.05, 0) is 43.0 Å². The van der Waals surface area contributed by atoms with E-state index in [1.807, 2.05) is 0 Å². The molecule has 0 fully saturated rings. The van der Waals surface area contributed by atoms with E-state index >= 15 is 0 Å². The van der Waals surface area contributed by atoms with Crippen LogP contribution in [0.4, 0.5) is 5.69 Å². The predicted molar refractivity (Wildman–Crippen MR) is 85.8 cm³/mol. The quantitative estimate of drug-likeness (QED) is 0.778. The number of rotatable bonds is 6. The van der Waals surface area contributed by atoms with E-state index in [9.17, 15) is 0 Å². The van der Waals surface area contributed by atoms with Crippen molar-refractivity contribution in [2.24, 2.45) is 5.41 Å². The lowest BCUT2D eigenvalue weighted by Crippen LogP contribution is -2.39. The van der Waals surface area contributed by atoms with Crippen molar-refractivity contribution in [3.05, 3.63) is 29.8 Å². The zero-order valence-electron chi connectivity index (χ0n) is 13.5. The topological polar surface area (TPSA) is 15.3 Å². The Kier molecular flexibility index (Phi) is 5.86. The van der Waals surface area contributed by atoms with E-state index in [0.29, 0.717) is 6.04 Å². The third kappa shape index (κ3) is 4.87. The largest absolute Gasteiger partial charge is 0.371 e. The molecule has 0 saturated heterocycles. The van der Waals surface area contributed by atoms with E-state index in [2.05, 4.69) is 76.1 Å². The van der Waals surface area contributed by atoms with Gasteiger partial charge in [-0.3, -0.25) is 0 Å². The minimum atomic E-state index is 0.288. The summed E-state index contributed by atoms with van der Waals surface area (Å²) < 4.78 is 0. The summed E-state index contributed by atoms with van der Waals surface area (Å²) in [4.78, 5) is 2.36. The standard InChI is InChI=1S/C17H30N2/c1-7-12-18-13-15-8-10-16(11-9-15)19(6)14(2)17(3,4)5/h8-11,14,18H,7,12-13H2,1-6H3. The van der Waals surface area contributed by atoms with Crippen LogP contribution < -0.4 is 10.2 Å². The monoisotopic (exact) mass is 262 g/mol. The number of hydrogen-bond acceptors (Lipinski definition) is 2. The second-order valence-electron chi connectivity index (χ2n) is 6.50. The minimum Gasteiger partial charge on any atom is -0.371 e. The van der Waals surface area contributed by atoms with Crippen molar-refractivity contribution in [1.82, 2.24) is 5.32 Å². The zero-order valence-corrected chi connectivity index (χ0v) is 13.5. The van der Waals surface area contributed by atoms with Crippen LogP contribution in [-0.2, 0) is 6.54 Å². The smallest absolute Gasteiger partial charge is 0.0366 e. The van der Waals surface area contributed by atoms with Gasteiger partial charge in [0.15, 0.2) is 0 Å². The highest BCUT2D eigenvalue weighted by Gasteiger charge is 2.23. The Hall–Kier alpha value is -1.02. The van der Waals surface area contributed by atoms with E-state index in [1.165, 1.54) is 17.7 Å². The second kappa shape index (κ2) is 6.95. The van der Waals surface area contributed by atoms with Crippen LogP contribution in [0.5, 0.6) is 0 Å². The van der Waals surface area contributed by atoms with Gasteiger partial charge < -0.3 is 10.2 Å². The molecule has 1 aromatic rings. The van der Waals surface area contributed by atoms with Crippen LogP contribution in [-0.4, -0.2) is 19.6 Å². The SMILES string of the molecule is CCCNCc1ccc(N(C)C(C)C(C)(C)C)cc1. The summed E-state index contributed by atoms with van der Waals surface area (Å²) in [6.45, 7) is 13.4. The van der Waals surface area contributed by atoms with Crippen molar-refractivity contribution in [2.45, 2.75) is 53.6 Å². The first kappa shape index (κ1) is 16.0. The van der Waals surface area contributed by atoms with Crippen molar-refractivity contribution in [2.75, 3.05) is 18.5 Å². The highest BCUT2D eigenvalue weighted by atomic mass is 15.1. The number of nitrogens with one attached hydrogen (secondary N) is 1. The summed E-state index contributed by atoms with van der Waals surface area (Å²) in [5.74, 6) is 0. The van der Waals surface area contributed by atoms with Gasteiger partial charge in [0, 0.05) is 25.3 Å². The van der Waals surface area contributed by atoms with Gasteiger partial charge in [0.05, 0.1) is 0 Å². The van der Waals surface area contributed by atoms with E-state index in [4.69, 9.17) is 0 Å². The molecule has 108 valence electrons. The van der Waals surface area contributed by atoms with Gasteiger partial charge in [0.2, 0.25) is 0 Å². The molecule has 0 aromatic heterocycles. The number of benzene rings is 1. The summed E-state index contributed by atoms with van der Waals surface area (Å²) in [5.41, 5.74) is 2.94. The molecule has 1 atom stereocenters. The molecular weight excluding hydrogens is 232 g/mol. The molecule has 2 heteroatoms. The number of nitrogens with zero attached hydrogens (tertiary/aromatic N) is 1. The van der Waals surface area contributed by atoms with E-state index in [0.717, 1.165) is 13.1 Å². The number of anilines is 1. The normalized spacial score (nSPS) is 13.4. The maximum absolute atomic E-state index is 3.43. The van der Waals surface area contributed by atoms with Crippen molar-refractivity contribution < 1.29 is 0 Å². The molecule has 0 spiro atoms. The average molecular weight is 262 g/mol. The van der Waals surface area contributed by atoms with Crippen LogP contribution in [0.15, 0.2) is 24.3 Å². The summed E-state index contributed by atoms with van der Waals surface area (Å²) in [5, 5.41) is 3.43. The minimum absolute atomic E-state index is 0.288. The zero-order chi connectivity index (χ0) is 14.5. The molecule has 1 unspecified atom stereocenters. The molecule has 0 amide bonds. The Morgan fingerprint density at radius 1 is 1.16 bits per heavy atom. The summed E-state index contributed by atoms with van der Waals surface area (Å²) in [6.07, 6.45) is 1.18. The highest BCUT2D eigenvalue weighted by molar-refractivity contribution is 5.48. The third-order valence-electron chi connectivity index (χ3n) is 3.93. The molecule has 0 radical (unpaired) electrons. The van der Waals surface area contributed by atoms with Crippen molar-refractivity contribution in [3.8, 4) is 0 Å². The number of hydrogen-bond donors (Lipinski definition) is 1. The molecule has 1 aromatic carbocycles. The predicted octanol–water partition coefficient (Wildman–Crippen LogP) is 4.06. The lowest BCUT2D eigenvalue weighted by Gasteiger charge is -2.37. The van der Waals surface area contributed by atoms with Crippen molar-refractivity contribution >= 4 is 5.69 Å². The second-order valence-corrected chi connectivity index (χ2v) is 6.50. The van der Waals surface area contributed by atoms with Gasteiger partial charge >= 0.3 is 0 Å². The first-order valence-corrected chi connectivity index (χ1v) is 7.38. The van der Waals surface area contributed by atoms with E-state index < -0.39 is 0 Å². The van der Waals surface area contributed by atoms with Crippen LogP contribution in [0.1, 0.15) is 46.6 Å². The van der Waals surface area contributed by atoms with Gasteiger partial charge in [0.1, 0.15) is 0 Å². The Balaban J connectivity index is 2.65. The summed E-state index contributed by atoms with van der Waals surface area (Å²) >= 11 is 0. The van der Waals surface area contributed by atoms with Crippen LogP contribution in [0.25, 0.3) is 0 Å². The molecule has 19 heavy (non-hydrogen) atoms. The van der Waals surface area contributed by atoms with Gasteiger partial charge in [-0.15, -0.1) is 0 Å². The highest BCUT2D eigenvalue weighted by Crippen LogP contribution is 2.27. The van der Waals surface area contributed by atoms with E-state index in [-0.39, 0.29) is 5.41 Å². The van der Waals surface area contributed by atoms with Crippen LogP contribution in [0.2, 0.25) is 0 Å². The Morgan fingerprint density at radius 2 is 1.74 bits per heavy atom. The summed E-state index contributed by atoms with van der Waals surface area (Å²) in [6, 6.07) is 9.42. The maximum atomic E-state index is 3.43. The average Bonchev–Trinajstić information content (AvgIpc) is 2.37. The molecule has 0 aliphatic rings. The molecule has 0 aliphatic heterocycles. The van der Waals surface area contributed by atoms with Gasteiger partial charge in [-0.2, -0.15) is 0 Å². The molecule has 1 rings (SSSR count). The van der Waals surface area contributed by atoms with Crippen LogP contribution in [0, 0.1) is 5.41 Å². The Morgan fingerprint density at radius 3 is 2.21 bits per heavy atom. The Labute approximate surface area is 119 Å². The van der Waals surface area contributed by atoms with E-state index in [1.54, 1.807) is 0 Å². The molecular formula is C17H30N2. The lowest BCUT2D eigenvalue weighted by molar-refractivity contribution is 0.330. The first-order valence-electron chi connectivity index (χ1n) is 7.38. The lowest BCUT2D eigenvalue weighted by atomic mass is 9.87. The van der Waals surface area contributed by atoms with Crippen molar-refractivity contribution in [1.29, 1.82) is 0 Å². The fourth-order valence-corrected chi connectivity index (χ4v) is 2.06. The Bertz CT molecular complexity index is 362. The maximum Gasteiger partial charge on any atom is 0.0366 e. The molecule has 0 heterocycles. The molecule has 0 aliphatic carbocycles. The summed E-state index contributed by atoms with van der Waals surface area (Å²) in [7, 11) is 2.18. The fraction of sp³-hybridized carbons (Fsp3) is 0.647. The molecule has 2 nitrogen and oxygen atoms in total. The van der Waals surface area contributed by atoms with Crippen LogP contribution in [0.3, 0.4) is 0 Å². The van der Waals surface area contributed by atoms with Gasteiger partial charge in [-0.25, -0.2) is 0 Å².